The van der Waals surface area contributed by atoms with E-state index in [0.717, 1.165) is 34.1 Å². The van der Waals surface area contributed by atoms with Crippen molar-refractivity contribution in [2.24, 2.45) is 0 Å². The van der Waals surface area contributed by atoms with E-state index >= 15 is 0 Å². The van der Waals surface area contributed by atoms with Crippen LogP contribution in [0.1, 0.15) is 24.8 Å². The van der Waals surface area contributed by atoms with Crippen LogP contribution in [-0.2, 0) is 16.1 Å². The Hall–Kier alpha value is -2.89. The maximum Gasteiger partial charge on any atom is 0.324 e. The molecule has 1 heterocycles. The van der Waals surface area contributed by atoms with Gasteiger partial charge in [0.2, 0.25) is 11.8 Å². The third-order valence-electron chi connectivity index (χ3n) is 4.98. The third-order valence-corrected chi connectivity index (χ3v) is 4.98. The van der Waals surface area contributed by atoms with Crippen molar-refractivity contribution >= 4 is 28.6 Å². The van der Waals surface area contributed by atoms with Gasteiger partial charge in [0.15, 0.2) is 0 Å². The minimum atomic E-state index is -0.476. The van der Waals surface area contributed by atoms with Gasteiger partial charge in [0.25, 0.3) is 0 Å². The summed E-state index contributed by atoms with van der Waals surface area (Å²) in [6.07, 6.45) is 2.18. The van der Waals surface area contributed by atoms with Crippen molar-refractivity contribution in [3.05, 3.63) is 48.0 Å². The topological polar surface area (TPSA) is 69.7 Å². The highest BCUT2D eigenvalue weighted by Crippen LogP contribution is 2.30. The van der Waals surface area contributed by atoms with Crippen LogP contribution in [0.2, 0.25) is 0 Å². The molecule has 1 saturated carbocycles. The van der Waals surface area contributed by atoms with Crippen LogP contribution in [0.5, 0.6) is 0 Å². The summed E-state index contributed by atoms with van der Waals surface area (Å²) >= 11 is 0. The van der Waals surface area contributed by atoms with Gasteiger partial charge in [-0.25, -0.2) is 4.79 Å². The van der Waals surface area contributed by atoms with Crippen LogP contribution in [0.15, 0.2) is 42.5 Å². The van der Waals surface area contributed by atoms with Gasteiger partial charge < -0.3 is 10.2 Å². The monoisotopic (exact) mass is 351 g/mol. The summed E-state index contributed by atoms with van der Waals surface area (Å²) in [6.45, 7) is 0.644. The molecule has 4 amide bonds. The summed E-state index contributed by atoms with van der Waals surface area (Å²) in [4.78, 5) is 39.6. The number of carbonyl (C=O) groups excluding carboxylic acids is 3. The fraction of sp³-hybridized carbons (Fsp3) is 0.350. The van der Waals surface area contributed by atoms with Crippen molar-refractivity contribution in [1.29, 1.82) is 0 Å². The number of amides is 4. The molecule has 0 atom stereocenters. The number of hydrogen-bond donors (Lipinski definition) is 1. The molecule has 6 nitrogen and oxygen atoms in total. The first kappa shape index (κ1) is 16.6. The Morgan fingerprint density at radius 2 is 1.88 bits per heavy atom. The highest BCUT2D eigenvalue weighted by atomic mass is 16.2. The fourth-order valence-corrected chi connectivity index (χ4v) is 3.43. The lowest BCUT2D eigenvalue weighted by Gasteiger charge is -2.29. The average molecular weight is 351 g/mol. The average Bonchev–Trinajstić information content (AvgIpc) is 3.48. The van der Waals surface area contributed by atoms with Crippen molar-refractivity contribution in [3.8, 4) is 0 Å². The predicted octanol–water partition coefficient (Wildman–Crippen LogP) is 2.27. The van der Waals surface area contributed by atoms with E-state index in [1.165, 1.54) is 0 Å². The number of nitrogens with zero attached hydrogens (tertiary/aromatic N) is 2. The number of rotatable bonds is 5. The Morgan fingerprint density at radius 1 is 1.12 bits per heavy atom. The molecule has 1 saturated heterocycles. The molecule has 2 aromatic carbocycles. The standard InChI is InChI=1S/C20H21N3O3/c24-18-10-11-21-20(26)23(18)13-19(25)22(16-8-9-16)12-15-6-3-5-14-4-1-2-7-17(14)15/h1-7,16H,8-13H2,(H,21,26). The van der Waals surface area contributed by atoms with E-state index in [1.54, 1.807) is 0 Å². The lowest BCUT2D eigenvalue weighted by Crippen LogP contribution is -2.53. The Balaban J connectivity index is 1.55. The van der Waals surface area contributed by atoms with Gasteiger partial charge in [-0.15, -0.1) is 0 Å². The molecule has 0 radical (unpaired) electrons. The second-order valence-electron chi connectivity index (χ2n) is 6.85. The number of benzene rings is 2. The highest BCUT2D eigenvalue weighted by molar-refractivity contribution is 6.00. The smallest absolute Gasteiger partial charge is 0.324 e. The second-order valence-corrected chi connectivity index (χ2v) is 6.85. The molecule has 0 spiro atoms. The molecule has 2 fully saturated rings. The number of carbonyl (C=O) groups is 3. The van der Waals surface area contributed by atoms with Crippen LogP contribution in [0, 0.1) is 0 Å². The summed E-state index contributed by atoms with van der Waals surface area (Å²) in [7, 11) is 0. The fourth-order valence-electron chi connectivity index (χ4n) is 3.43. The second kappa shape index (κ2) is 6.78. The summed E-state index contributed by atoms with van der Waals surface area (Å²) in [5, 5.41) is 4.88. The molecule has 2 aromatic rings. The van der Waals surface area contributed by atoms with E-state index in [0.29, 0.717) is 13.1 Å². The minimum absolute atomic E-state index is 0.175. The highest BCUT2D eigenvalue weighted by Gasteiger charge is 2.36. The van der Waals surface area contributed by atoms with Crippen LogP contribution in [0.25, 0.3) is 10.8 Å². The number of imide groups is 1. The Kier molecular flexibility index (Phi) is 4.32. The number of nitrogens with one attached hydrogen (secondary N) is 1. The molecule has 0 unspecified atom stereocenters. The van der Waals surface area contributed by atoms with Gasteiger partial charge >= 0.3 is 6.03 Å². The molecule has 0 aromatic heterocycles. The van der Waals surface area contributed by atoms with Crippen LogP contribution in [0.3, 0.4) is 0 Å². The maximum absolute atomic E-state index is 12.9. The maximum atomic E-state index is 12.9. The predicted molar refractivity (Wildman–Crippen MR) is 97.2 cm³/mol. The van der Waals surface area contributed by atoms with Gasteiger partial charge in [-0.2, -0.15) is 0 Å². The van der Waals surface area contributed by atoms with Crippen molar-refractivity contribution in [1.82, 2.24) is 15.1 Å². The quantitative estimate of drug-likeness (QED) is 0.898. The van der Waals surface area contributed by atoms with E-state index in [-0.39, 0.29) is 30.8 Å². The number of fused-ring (bicyclic) bond motifs is 1. The van der Waals surface area contributed by atoms with Gasteiger partial charge in [0.05, 0.1) is 0 Å². The van der Waals surface area contributed by atoms with Gasteiger partial charge in [-0.3, -0.25) is 14.5 Å². The van der Waals surface area contributed by atoms with Crippen molar-refractivity contribution in [2.75, 3.05) is 13.1 Å². The molecular weight excluding hydrogens is 330 g/mol. The largest absolute Gasteiger partial charge is 0.337 e. The molecule has 2 aliphatic rings. The van der Waals surface area contributed by atoms with E-state index in [1.807, 2.05) is 29.2 Å². The number of hydrogen-bond acceptors (Lipinski definition) is 3. The first-order valence-electron chi connectivity index (χ1n) is 8.98. The summed E-state index contributed by atoms with van der Waals surface area (Å²) in [6, 6.07) is 13.9. The Morgan fingerprint density at radius 3 is 2.65 bits per heavy atom. The normalized spacial score (nSPS) is 17.3. The van der Waals surface area contributed by atoms with Crippen LogP contribution in [0.4, 0.5) is 4.79 Å². The first-order chi connectivity index (χ1) is 12.6. The Bertz CT molecular complexity index is 854. The van der Waals surface area contributed by atoms with Gasteiger partial charge in [-0.05, 0) is 29.2 Å². The molecule has 134 valence electrons. The summed E-state index contributed by atoms with van der Waals surface area (Å²) in [5.41, 5.74) is 1.08. The SMILES string of the molecule is O=C1CCNC(=O)N1CC(=O)N(Cc1cccc2ccccc12)C1CC1. The third kappa shape index (κ3) is 3.27. The molecule has 4 rings (SSSR count). The molecule has 0 bridgehead atoms. The molecule has 1 N–H and O–H groups in total. The zero-order chi connectivity index (χ0) is 18.1. The Labute approximate surface area is 151 Å². The summed E-state index contributed by atoms with van der Waals surface area (Å²) in [5.74, 6) is -0.464. The molecule has 6 heteroatoms. The van der Waals surface area contributed by atoms with E-state index in [9.17, 15) is 14.4 Å². The lowest BCUT2D eigenvalue weighted by atomic mass is 10.0. The van der Waals surface area contributed by atoms with Gasteiger partial charge in [0.1, 0.15) is 6.54 Å². The summed E-state index contributed by atoms with van der Waals surface area (Å²) < 4.78 is 0. The van der Waals surface area contributed by atoms with Crippen molar-refractivity contribution in [3.63, 3.8) is 0 Å². The van der Waals surface area contributed by atoms with E-state index in [4.69, 9.17) is 0 Å². The van der Waals surface area contributed by atoms with E-state index in [2.05, 4.69) is 23.5 Å². The molecule has 1 aliphatic carbocycles. The molecule has 1 aliphatic heterocycles. The molecule has 26 heavy (non-hydrogen) atoms. The van der Waals surface area contributed by atoms with Gasteiger partial charge in [0, 0.05) is 25.6 Å². The zero-order valence-electron chi connectivity index (χ0n) is 14.5. The zero-order valence-corrected chi connectivity index (χ0v) is 14.5. The van der Waals surface area contributed by atoms with Crippen molar-refractivity contribution in [2.45, 2.75) is 31.8 Å². The number of urea groups is 1. The first-order valence-corrected chi connectivity index (χ1v) is 8.98. The van der Waals surface area contributed by atoms with Crippen LogP contribution in [-0.4, -0.2) is 46.8 Å². The van der Waals surface area contributed by atoms with Gasteiger partial charge in [-0.1, -0.05) is 42.5 Å². The van der Waals surface area contributed by atoms with Crippen LogP contribution >= 0.6 is 0 Å². The van der Waals surface area contributed by atoms with E-state index < -0.39 is 6.03 Å². The van der Waals surface area contributed by atoms with Crippen LogP contribution < -0.4 is 5.32 Å². The van der Waals surface area contributed by atoms with Crippen molar-refractivity contribution < 1.29 is 14.4 Å². The molecular formula is C20H21N3O3. The minimum Gasteiger partial charge on any atom is -0.337 e. The lowest BCUT2D eigenvalue weighted by molar-refractivity contribution is -0.139.